The lowest BCUT2D eigenvalue weighted by Gasteiger charge is -2.24. The molecule has 3 rings (SSSR count). The molecule has 0 saturated heterocycles. The van der Waals surface area contributed by atoms with Crippen molar-refractivity contribution in [3.05, 3.63) is 52.5 Å². The Kier molecular flexibility index (Phi) is 7.04. The monoisotopic (exact) mass is 461 g/mol. The van der Waals surface area contributed by atoms with Crippen LogP contribution in [0.5, 0.6) is 5.75 Å². The van der Waals surface area contributed by atoms with Gasteiger partial charge in [0.1, 0.15) is 5.75 Å². The van der Waals surface area contributed by atoms with E-state index in [0.717, 1.165) is 40.1 Å². The molecule has 0 fully saturated rings. The fraction of sp³-hybridized carbons (Fsp3) is 0.333. The average molecular weight is 462 g/mol. The first-order valence-corrected chi connectivity index (χ1v) is 10.9. The molecule has 1 amide bonds. The Morgan fingerprint density at radius 3 is 2.46 bits per heavy atom. The van der Waals surface area contributed by atoms with E-state index in [0.29, 0.717) is 17.2 Å². The van der Waals surface area contributed by atoms with Crippen LogP contribution in [0.15, 0.2) is 46.9 Å². The van der Waals surface area contributed by atoms with Crippen molar-refractivity contribution in [3.8, 4) is 5.75 Å². The van der Waals surface area contributed by atoms with Crippen molar-refractivity contribution in [1.82, 2.24) is 9.88 Å². The van der Waals surface area contributed by atoms with E-state index in [1.54, 1.807) is 12.0 Å². The number of nitrogens with zero attached hydrogens (tertiary/aromatic N) is 3. The summed E-state index contributed by atoms with van der Waals surface area (Å²) in [5.41, 5.74) is 1.50. The topological polar surface area (TPSA) is 45.7 Å². The van der Waals surface area contributed by atoms with Gasteiger partial charge in [0.25, 0.3) is 5.91 Å². The molecule has 0 aliphatic rings. The van der Waals surface area contributed by atoms with Crippen LogP contribution in [0.25, 0.3) is 10.2 Å². The highest BCUT2D eigenvalue weighted by atomic mass is 79.9. The lowest BCUT2D eigenvalue weighted by Crippen LogP contribution is -2.38. The van der Waals surface area contributed by atoms with Crippen LogP contribution >= 0.6 is 27.3 Å². The van der Waals surface area contributed by atoms with E-state index in [1.807, 2.05) is 42.5 Å². The van der Waals surface area contributed by atoms with Gasteiger partial charge in [-0.15, -0.1) is 0 Å². The second-order valence-corrected chi connectivity index (χ2v) is 8.25. The first kappa shape index (κ1) is 20.8. The molecule has 0 radical (unpaired) electrons. The highest BCUT2D eigenvalue weighted by molar-refractivity contribution is 9.10. The van der Waals surface area contributed by atoms with Gasteiger partial charge >= 0.3 is 0 Å². The Morgan fingerprint density at radius 2 is 1.82 bits per heavy atom. The van der Waals surface area contributed by atoms with E-state index < -0.39 is 0 Å². The van der Waals surface area contributed by atoms with Gasteiger partial charge in [-0.1, -0.05) is 41.1 Å². The molecule has 0 bridgehead atoms. The van der Waals surface area contributed by atoms with Crippen molar-refractivity contribution in [2.75, 3.05) is 38.2 Å². The van der Waals surface area contributed by atoms with Crippen molar-refractivity contribution in [3.63, 3.8) is 0 Å². The number of ether oxygens (including phenoxy) is 1. The maximum Gasteiger partial charge on any atom is 0.260 e. The summed E-state index contributed by atoms with van der Waals surface area (Å²) < 4.78 is 7.29. The molecule has 0 aliphatic heterocycles. The Hall–Kier alpha value is -1.96. The molecular formula is C21H24BrN3O2S. The summed E-state index contributed by atoms with van der Waals surface area (Å²) in [6.45, 7) is 7.56. The van der Waals surface area contributed by atoms with E-state index in [9.17, 15) is 4.79 Å². The third-order valence-electron chi connectivity index (χ3n) is 4.68. The number of hydrogen-bond donors (Lipinski definition) is 0. The number of amides is 1. The van der Waals surface area contributed by atoms with E-state index in [4.69, 9.17) is 9.72 Å². The minimum absolute atomic E-state index is 0.0364. The maximum absolute atomic E-state index is 13.3. The molecule has 3 aromatic rings. The summed E-state index contributed by atoms with van der Waals surface area (Å²) >= 11 is 4.96. The number of thiazole rings is 1. The normalized spacial score (nSPS) is 11.2. The molecule has 1 heterocycles. The number of likely N-dealkylation sites (N-methyl/N-ethyl adjacent to an activating group) is 1. The van der Waals surface area contributed by atoms with Gasteiger partial charge in [0.05, 0.1) is 17.3 Å². The van der Waals surface area contributed by atoms with Crippen LogP contribution in [-0.2, 0) is 0 Å². The first-order chi connectivity index (χ1) is 13.5. The Bertz CT molecular complexity index is 938. The van der Waals surface area contributed by atoms with Crippen molar-refractivity contribution in [2.45, 2.75) is 13.8 Å². The van der Waals surface area contributed by atoms with E-state index in [2.05, 4.69) is 34.7 Å². The third kappa shape index (κ3) is 4.71. The van der Waals surface area contributed by atoms with Crippen molar-refractivity contribution in [2.24, 2.45) is 0 Å². The number of methoxy groups -OCH3 is 1. The predicted molar refractivity (Wildman–Crippen MR) is 120 cm³/mol. The van der Waals surface area contributed by atoms with Crippen LogP contribution < -0.4 is 9.64 Å². The molecule has 0 aliphatic carbocycles. The fourth-order valence-corrected chi connectivity index (χ4v) is 4.19. The summed E-state index contributed by atoms with van der Waals surface area (Å²) in [6, 6.07) is 13.3. The number of carbonyl (C=O) groups excluding carboxylic acids is 1. The predicted octanol–water partition coefficient (Wildman–Crippen LogP) is 5.06. The number of fused-ring (bicyclic) bond motifs is 1. The van der Waals surface area contributed by atoms with E-state index in [1.165, 1.54) is 11.3 Å². The zero-order chi connectivity index (χ0) is 20.1. The summed E-state index contributed by atoms with van der Waals surface area (Å²) in [6.07, 6.45) is 0. The molecule has 1 aromatic heterocycles. The smallest absolute Gasteiger partial charge is 0.260 e. The van der Waals surface area contributed by atoms with Crippen LogP contribution in [0.1, 0.15) is 24.2 Å². The van der Waals surface area contributed by atoms with Gasteiger partial charge in [-0.05, 0) is 49.5 Å². The standard InChI is InChI=1S/C21H24BrN3O2S/c1-4-24(5-2)12-13-25(20(26)15-6-8-16(22)9-7-15)21-23-18-14-17(27-3)10-11-19(18)28-21/h6-11,14H,4-5,12-13H2,1-3H3. The molecule has 0 spiro atoms. The van der Waals surface area contributed by atoms with Gasteiger partial charge in [-0.2, -0.15) is 0 Å². The molecule has 7 heteroatoms. The number of rotatable bonds is 8. The van der Waals surface area contributed by atoms with Crippen LogP contribution in [0.4, 0.5) is 5.13 Å². The van der Waals surface area contributed by atoms with Crippen LogP contribution in [-0.4, -0.2) is 49.1 Å². The highest BCUT2D eigenvalue weighted by Crippen LogP contribution is 2.32. The number of carbonyl (C=O) groups is 1. The van der Waals surface area contributed by atoms with Gasteiger partial charge in [0.15, 0.2) is 5.13 Å². The lowest BCUT2D eigenvalue weighted by molar-refractivity contribution is 0.0984. The van der Waals surface area contributed by atoms with Crippen molar-refractivity contribution in [1.29, 1.82) is 0 Å². The molecule has 0 unspecified atom stereocenters. The molecule has 28 heavy (non-hydrogen) atoms. The zero-order valence-corrected chi connectivity index (χ0v) is 18.7. The second-order valence-electron chi connectivity index (χ2n) is 6.32. The molecule has 0 atom stereocenters. The third-order valence-corrected chi connectivity index (χ3v) is 6.27. The van der Waals surface area contributed by atoms with Gasteiger partial charge in [0, 0.05) is 29.2 Å². The van der Waals surface area contributed by atoms with Crippen molar-refractivity contribution < 1.29 is 9.53 Å². The lowest BCUT2D eigenvalue weighted by atomic mass is 10.2. The quantitative estimate of drug-likeness (QED) is 0.470. The Morgan fingerprint density at radius 1 is 1.11 bits per heavy atom. The summed E-state index contributed by atoms with van der Waals surface area (Å²) in [5, 5.41) is 0.711. The molecule has 148 valence electrons. The second kappa shape index (κ2) is 9.49. The highest BCUT2D eigenvalue weighted by Gasteiger charge is 2.22. The minimum atomic E-state index is -0.0364. The van der Waals surface area contributed by atoms with Crippen LogP contribution in [0.3, 0.4) is 0 Å². The number of hydrogen-bond acceptors (Lipinski definition) is 5. The van der Waals surface area contributed by atoms with Crippen LogP contribution in [0, 0.1) is 0 Å². The van der Waals surface area contributed by atoms with Gasteiger partial charge in [-0.25, -0.2) is 4.98 Å². The SMILES string of the molecule is CCN(CC)CCN(C(=O)c1ccc(Br)cc1)c1nc2cc(OC)ccc2s1. The van der Waals surface area contributed by atoms with E-state index in [-0.39, 0.29) is 5.91 Å². The van der Waals surface area contributed by atoms with Gasteiger partial charge in [0.2, 0.25) is 0 Å². The molecule has 2 aromatic carbocycles. The maximum atomic E-state index is 13.3. The van der Waals surface area contributed by atoms with E-state index >= 15 is 0 Å². The molecule has 5 nitrogen and oxygen atoms in total. The van der Waals surface area contributed by atoms with Crippen LogP contribution in [0.2, 0.25) is 0 Å². The summed E-state index contributed by atoms with van der Waals surface area (Å²) in [5.74, 6) is 0.726. The number of anilines is 1. The Labute approximate surface area is 178 Å². The summed E-state index contributed by atoms with van der Waals surface area (Å²) in [4.78, 5) is 22.1. The molecule has 0 saturated carbocycles. The average Bonchev–Trinajstić information content (AvgIpc) is 3.14. The van der Waals surface area contributed by atoms with Gasteiger partial charge < -0.3 is 9.64 Å². The fourth-order valence-electron chi connectivity index (χ4n) is 2.95. The number of halogens is 1. The number of aromatic nitrogens is 1. The largest absolute Gasteiger partial charge is 0.497 e. The zero-order valence-electron chi connectivity index (χ0n) is 16.3. The molecule has 0 N–H and O–H groups in total. The number of benzene rings is 2. The Balaban J connectivity index is 1.94. The van der Waals surface area contributed by atoms with Crippen molar-refractivity contribution >= 4 is 48.5 Å². The molecular weight excluding hydrogens is 438 g/mol. The summed E-state index contributed by atoms with van der Waals surface area (Å²) in [7, 11) is 1.64. The minimum Gasteiger partial charge on any atom is -0.497 e. The first-order valence-electron chi connectivity index (χ1n) is 9.30. The van der Waals surface area contributed by atoms with Gasteiger partial charge in [-0.3, -0.25) is 9.69 Å².